The zero-order valence-electron chi connectivity index (χ0n) is 15.2. The molecule has 0 radical (unpaired) electrons. The Bertz CT molecular complexity index is 449. The number of carbonyl (C=O) groups is 4. The van der Waals surface area contributed by atoms with Gasteiger partial charge in [-0.25, -0.2) is 10.1 Å². The standard InChI is InChI=1S/2C5H10N2O2.2C2H4O2/c2*1-3-2-7(9)5(8)4(3)6;2*1-2(3)4/h2*3-4,9H,2,6H2,1H3;2*1H3,(H,3,4)/t2*3-,4-;;/m10../s1. The molecule has 2 fully saturated rings. The number of rotatable bonds is 0. The molecule has 12 nitrogen and oxygen atoms in total. The van der Waals surface area contributed by atoms with Crippen molar-refractivity contribution in [2.75, 3.05) is 13.1 Å². The van der Waals surface area contributed by atoms with E-state index in [9.17, 15) is 9.59 Å². The van der Waals surface area contributed by atoms with Gasteiger partial charge in [-0.3, -0.25) is 29.6 Å². The van der Waals surface area contributed by atoms with Crippen LogP contribution in [-0.4, -0.2) is 79.7 Å². The molecule has 2 aliphatic rings. The highest BCUT2D eigenvalue weighted by Gasteiger charge is 2.34. The Morgan fingerprint density at radius 3 is 1.08 bits per heavy atom. The van der Waals surface area contributed by atoms with E-state index in [-0.39, 0.29) is 23.7 Å². The molecule has 12 heteroatoms. The van der Waals surface area contributed by atoms with Gasteiger partial charge in [-0.1, -0.05) is 13.8 Å². The molecule has 4 atom stereocenters. The van der Waals surface area contributed by atoms with Crippen LogP contribution in [0.5, 0.6) is 0 Å². The van der Waals surface area contributed by atoms with E-state index < -0.39 is 24.0 Å². The van der Waals surface area contributed by atoms with E-state index in [0.717, 1.165) is 13.8 Å². The summed E-state index contributed by atoms with van der Waals surface area (Å²) in [5.74, 6) is -2.27. The van der Waals surface area contributed by atoms with Crippen molar-refractivity contribution in [2.45, 2.75) is 39.8 Å². The van der Waals surface area contributed by atoms with E-state index in [0.29, 0.717) is 23.2 Å². The van der Waals surface area contributed by atoms with Crippen molar-refractivity contribution >= 4 is 23.8 Å². The number of amides is 2. The number of hydrogen-bond donors (Lipinski definition) is 6. The van der Waals surface area contributed by atoms with Crippen molar-refractivity contribution in [1.29, 1.82) is 0 Å². The molecular weight excluding hydrogens is 352 g/mol. The molecular formula is C14H28N4O8. The third kappa shape index (κ3) is 10.6. The van der Waals surface area contributed by atoms with Crippen molar-refractivity contribution in [3.8, 4) is 0 Å². The summed E-state index contributed by atoms with van der Waals surface area (Å²) in [6, 6.07) is -1.01. The lowest BCUT2D eigenvalue weighted by atomic mass is 10.1. The SMILES string of the molecule is CC(=O)O.CC(=O)O.C[C@@H]1CN(O)C(=O)[C@@H]1N.C[C@H]1CN(O)C(=O)[C@H]1N. The van der Waals surface area contributed by atoms with Crippen molar-refractivity contribution in [2.24, 2.45) is 23.3 Å². The van der Waals surface area contributed by atoms with Gasteiger partial charge in [0.2, 0.25) is 0 Å². The number of nitrogens with two attached hydrogens (primary N) is 2. The number of nitrogens with zero attached hydrogens (tertiary/aromatic N) is 2. The Balaban J connectivity index is 0. The lowest BCUT2D eigenvalue weighted by molar-refractivity contribution is -0.158. The number of carbonyl (C=O) groups excluding carboxylic acids is 2. The summed E-state index contributed by atoms with van der Waals surface area (Å²) in [6.07, 6.45) is 0. The third-order valence-corrected chi connectivity index (χ3v) is 3.23. The maximum atomic E-state index is 10.7. The Labute approximate surface area is 150 Å². The number of carboxylic acid groups (broad SMARTS) is 2. The Morgan fingerprint density at radius 2 is 1.04 bits per heavy atom. The van der Waals surface area contributed by atoms with Crippen molar-refractivity contribution in [1.82, 2.24) is 10.1 Å². The van der Waals surface area contributed by atoms with Crippen LogP contribution in [0.3, 0.4) is 0 Å². The zero-order chi connectivity index (χ0) is 21.2. The first-order valence-electron chi connectivity index (χ1n) is 7.63. The maximum absolute atomic E-state index is 10.7. The predicted octanol–water partition coefficient (Wildman–Crippen LogP) is -1.46. The van der Waals surface area contributed by atoms with Gasteiger partial charge < -0.3 is 21.7 Å². The zero-order valence-corrected chi connectivity index (χ0v) is 15.2. The summed E-state index contributed by atoms with van der Waals surface area (Å²) in [5, 5.41) is 33.7. The minimum Gasteiger partial charge on any atom is -0.481 e. The van der Waals surface area contributed by atoms with Crippen molar-refractivity contribution < 1.29 is 39.8 Å². The average Bonchev–Trinajstić information content (AvgIpc) is 2.83. The number of aliphatic carboxylic acids is 2. The first-order chi connectivity index (χ1) is 11.7. The van der Waals surface area contributed by atoms with Crippen molar-refractivity contribution in [3.05, 3.63) is 0 Å². The first-order valence-corrected chi connectivity index (χ1v) is 7.63. The fourth-order valence-electron chi connectivity index (χ4n) is 1.78. The van der Waals surface area contributed by atoms with Crippen LogP contribution in [0.25, 0.3) is 0 Å². The Morgan fingerprint density at radius 1 is 0.846 bits per heavy atom. The van der Waals surface area contributed by atoms with Gasteiger partial charge in [-0.15, -0.1) is 0 Å². The minimum atomic E-state index is -0.833. The molecule has 2 saturated heterocycles. The molecule has 0 saturated carbocycles. The maximum Gasteiger partial charge on any atom is 0.300 e. The molecule has 2 aliphatic heterocycles. The molecule has 0 aromatic rings. The van der Waals surface area contributed by atoms with Crippen LogP contribution in [0.4, 0.5) is 0 Å². The fourth-order valence-corrected chi connectivity index (χ4v) is 1.78. The molecule has 0 bridgehead atoms. The van der Waals surface area contributed by atoms with Crippen LogP contribution >= 0.6 is 0 Å². The van der Waals surface area contributed by atoms with Gasteiger partial charge in [0, 0.05) is 25.7 Å². The quantitative estimate of drug-likeness (QED) is 0.269. The smallest absolute Gasteiger partial charge is 0.300 e. The van der Waals surface area contributed by atoms with Gasteiger partial charge in [0.15, 0.2) is 0 Å². The lowest BCUT2D eigenvalue weighted by Gasteiger charge is -2.02. The van der Waals surface area contributed by atoms with Crippen LogP contribution in [0.2, 0.25) is 0 Å². The topological polar surface area (TPSA) is 208 Å². The van der Waals surface area contributed by atoms with Crippen LogP contribution in [0.1, 0.15) is 27.7 Å². The summed E-state index contributed by atoms with van der Waals surface area (Å²) in [4.78, 5) is 39.3. The molecule has 8 N–H and O–H groups in total. The molecule has 0 unspecified atom stereocenters. The highest BCUT2D eigenvalue weighted by Crippen LogP contribution is 2.13. The summed E-state index contributed by atoms with van der Waals surface area (Å²) in [6.45, 7) is 6.55. The fraction of sp³-hybridized carbons (Fsp3) is 0.714. The molecule has 2 amide bonds. The molecule has 2 heterocycles. The van der Waals surface area contributed by atoms with Gasteiger partial charge in [0.25, 0.3) is 23.8 Å². The van der Waals surface area contributed by atoms with Crippen molar-refractivity contribution in [3.63, 3.8) is 0 Å². The highest BCUT2D eigenvalue weighted by molar-refractivity contribution is 5.83. The van der Waals surface area contributed by atoms with E-state index in [2.05, 4.69) is 0 Å². The second-order valence-corrected chi connectivity index (χ2v) is 5.88. The molecule has 0 aliphatic carbocycles. The Hall–Kier alpha value is -2.28. The number of carboxylic acids is 2. The normalized spacial score (nSPS) is 26.8. The average molecular weight is 380 g/mol. The molecule has 26 heavy (non-hydrogen) atoms. The van der Waals surface area contributed by atoms with Crippen LogP contribution < -0.4 is 11.5 Å². The molecule has 0 aromatic carbocycles. The van der Waals surface area contributed by atoms with Crippen LogP contribution in [0, 0.1) is 11.8 Å². The van der Waals surface area contributed by atoms with Gasteiger partial charge in [-0.2, -0.15) is 0 Å². The Kier molecular flexibility index (Phi) is 12.1. The van der Waals surface area contributed by atoms with Crippen LogP contribution in [-0.2, 0) is 19.2 Å². The number of hydroxylamine groups is 4. The second kappa shape index (κ2) is 12.1. The third-order valence-electron chi connectivity index (χ3n) is 3.23. The molecule has 0 aromatic heterocycles. The summed E-state index contributed by atoms with van der Waals surface area (Å²) in [7, 11) is 0. The van der Waals surface area contributed by atoms with Gasteiger partial charge in [0.1, 0.15) is 0 Å². The highest BCUT2D eigenvalue weighted by atomic mass is 16.5. The minimum absolute atomic E-state index is 0.0718. The summed E-state index contributed by atoms with van der Waals surface area (Å²) >= 11 is 0. The largest absolute Gasteiger partial charge is 0.481 e. The summed E-state index contributed by atoms with van der Waals surface area (Å²) in [5.41, 5.74) is 10.7. The predicted molar refractivity (Wildman–Crippen MR) is 87.9 cm³/mol. The van der Waals surface area contributed by atoms with Crippen LogP contribution in [0.15, 0.2) is 0 Å². The second-order valence-electron chi connectivity index (χ2n) is 5.88. The molecule has 0 spiro atoms. The van der Waals surface area contributed by atoms with Gasteiger partial charge >= 0.3 is 0 Å². The molecule has 2 rings (SSSR count). The summed E-state index contributed by atoms with van der Waals surface area (Å²) < 4.78 is 0. The number of hydrogen-bond acceptors (Lipinski definition) is 8. The van der Waals surface area contributed by atoms with Gasteiger partial charge in [0.05, 0.1) is 25.2 Å². The first kappa shape index (κ1) is 26.0. The van der Waals surface area contributed by atoms with E-state index in [4.69, 9.17) is 41.7 Å². The van der Waals surface area contributed by atoms with E-state index in [1.165, 1.54) is 0 Å². The molecule has 152 valence electrons. The van der Waals surface area contributed by atoms with E-state index in [1.54, 1.807) is 0 Å². The van der Waals surface area contributed by atoms with E-state index in [1.807, 2.05) is 13.8 Å². The van der Waals surface area contributed by atoms with Gasteiger partial charge in [-0.05, 0) is 0 Å². The monoisotopic (exact) mass is 380 g/mol. The van der Waals surface area contributed by atoms with E-state index >= 15 is 0 Å². The lowest BCUT2D eigenvalue weighted by Crippen LogP contribution is -2.33.